The summed E-state index contributed by atoms with van der Waals surface area (Å²) in [6.07, 6.45) is 9.12. The quantitative estimate of drug-likeness (QED) is 0.175. The minimum atomic E-state index is 0.728. The van der Waals surface area contributed by atoms with Gasteiger partial charge in [0.15, 0.2) is 6.20 Å². The predicted molar refractivity (Wildman–Crippen MR) is 145 cm³/mol. The fourth-order valence-corrected chi connectivity index (χ4v) is 7.94. The molecule has 1 saturated carbocycles. The molecule has 1 aliphatic carbocycles. The number of hydrogen-bond donors (Lipinski definition) is 0. The summed E-state index contributed by atoms with van der Waals surface area (Å²) in [6.45, 7) is 4.61. The van der Waals surface area contributed by atoms with E-state index >= 15 is 0 Å². The number of aromatic nitrogens is 1. The second kappa shape index (κ2) is 7.58. The first-order valence-electron chi connectivity index (χ1n) is 12.7. The summed E-state index contributed by atoms with van der Waals surface area (Å²) in [5, 5.41) is 8.37. The molecule has 0 unspecified atom stereocenters. The molecule has 4 aromatic carbocycles. The monoisotopic (exact) mass is 460 g/mol. The first-order chi connectivity index (χ1) is 16.6. The minimum Gasteiger partial charge on any atom is -0.200 e. The van der Waals surface area contributed by atoms with Gasteiger partial charge in [0.25, 0.3) is 0 Å². The standard InChI is InChI=1S/C32H30NS/c1-19-24-11-7-8-12-25(24)20(2)32-29(19)31-30-26(15-16-33(31)3)27-17-22(21-9-5-4-6-10-21)13-14-23(27)18-28(30)34-32/h7-8,11-18,21H,4-6,9-10H2,1-3H3/q+1. The lowest BCUT2D eigenvalue weighted by atomic mass is 9.83. The molecular weight excluding hydrogens is 430 g/mol. The van der Waals surface area contributed by atoms with Crippen molar-refractivity contribution >= 4 is 44.1 Å². The number of aryl methyl sites for hydroxylation is 3. The molecule has 168 valence electrons. The maximum atomic E-state index is 2.52. The summed E-state index contributed by atoms with van der Waals surface area (Å²) in [7, 11) is 2.21. The van der Waals surface area contributed by atoms with Crippen molar-refractivity contribution < 1.29 is 4.57 Å². The highest BCUT2D eigenvalue weighted by molar-refractivity contribution is 8.00. The van der Waals surface area contributed by atoms with Gasteiger partial charge in [-0.1, -0.05) is 73.5 Å². The van der Waals surface area contributed by atoms with E-state index in [-0.39, 0.29) is 0 Å². The molecule has 2 heteroatoms. The fourth-order valence-electron chi connectivity index (χ4n) is 6.61. The molecule has 0 amide bonds. The average Bonchev–Trinajstić information content (AvgIpc) is 2.88. The Hall–Kier alpha value is -2.84. The number of pyridine rings is 1. The molecule has 34 heavy (non-hydrogen) atoms. The van der Waals surface area contributed by atoms with Gasteiger partial charge in [-0.2, -0.15) is 0 Å². The van der Waals surface area contributed by atoms with Crippen LogP contribution in [-0.2, 0) is 7.05 Å². The lowest BCUT2D eigenvalue weighted by Crippen LogP contribution is -2.32. The van der Waals surface area contributed by atoms with Crippen molar-refractivity contribution in [2.24, 2.45) is 7.05 Å². The Balaban J connectivity index is 1.56. The van der Waals surface area contributed by atoms with Crippen molar-refractivity contribution in [2.75, 3.05) is 0 Å². The Morgan fingerprint density at radius 3 is 2.35 bits per heavy atom. The van der Waals surface area contributed by atoms with Gasteiger partial charge >= 0.3 is 0 Å². The molecule has 1 nitrogen and oxygen atoms in total. The Morgan fingerprint density at radius 2 is 1.56 bits per heavy atom. The molecule has 0 saturated heterocycles. The first kappa shape index (κ1) is 20.5. The topological polar surface area (TPSA) is 3.88 Å². The number of rotatable bonds is 1. The van der Waals surface area contributed by atoms with Crippen molar-refractivity contribution in [3.05, 3.63) is 77.5 Å². The van der Waals surface area contributed by atoms with E-state index in [2.05, 4.69) is 86.3 Å². The van der Waals surface area contributed by atoms with E-state index < -0.39 is 0 Å². The number of nitrogens with zero attached hydrogens (tertiary/aromatic N) is 1. The van der Waals surface area contributed by atoms with Crippen LogP contribution < -0.4 is 4.57 Å². The van der Waals surface area contributed by atoms with Gasteiger partial charge < -0.3 is 0 Å². The normalized spacial score (nSPS) is 15.9. The highest BCUT2D eigenvalue weighted by Crippen LogP contribution is 2.52. The van der Waals surface area contributed by atoms with Crippen LogP contribution in [0, 0.1) is 13.8 Å². The summed E-state index contributed by atoms with van der Waals surface area (Å²) in [5.41, 5.74) is 7.13. The fraction of sp³-hybridized carbons (Fsp3) is 0.281. The van der Waals surface area contributed by atoms with Crippen LogP contribution in [0.4, 0.5) is 0 Å². The maximum Gasteiger partial charge on any atom is 0.222 e. The van der Waals surface area contributed by atoms with E-state index in [1.54, 1.807) is 5.56 Å². The van der Waals surface area contributed by atoms with Crippen molar-refractivity contribution in [1.29, 1.82) is 0 Å². The van der Waals surface area contributed by atoms with Gasteiger partial charge in [0.1, 0.15) is 7.05 Å². The highest BCUT2D eigenvalue weighted by atomic mass is 32.2. The largest absolute Gasteiger partial charge is 0.222 e. The highest BCUT2D eigenvalue weighted by Gasteiger charge is 2.31. The second-order valence-electron chi connectivity index (χ2n) is 10.4. The molecule has 1 fully saturated rings. The third-order valence-electron chi connectivity index (χ3n) is 8.43. The predicted octanol–water partition coefficient (Wildman–Crippen LogP) is 8.77. The molecule has 1 aromatic heterocycles. The van der Waals surface area contributed by atoms with Crippen molar-refractivity contribution in [3.8, 4) is 11.3 Å². The summed E-state index contributed by atoms with van der Waals surface area (Å²) in [4.78, 5) is 2.81. The maximum absolute atomic E-state index is 2.52. The summed E-state index contributed by atoms with van der Waals surface area (Å²) < 4.78 is 2.35. The zero-order valence-electron chi connectivity index (χ0n) is 20.2. The number of benzene rings is 4. The second-order valence-corrected chi connectivity index (χ2v) is 11.4. The summed E-state index contributed by atoms with van der Waals surface area (Å²) in [6, 6.07) is 21.0. The Morgan fingerprint density at radius 1 is 0.794 bits per heavy atom. The lowest BCUT2D eigenvalue weighted by molar-refractivity contribution is -0.659. The van der Waals surface area contributed by atoms with Crippen LogP contribution in [-0.4, -0.2) is 0 Å². The SMILES string of the molecule is Cc1c2c(c(C)c3ccccc13)-c1c3c(cc4ccc(C5CCCCC5)cc4c3cc[n+]1C)S2. The Bertz CT molecular complexity index is 1640. The van der Waals surface area contributed by atoms with Gasteiger partial charge in [-0.25, -0.2) is 4.57 Å². The zero-order chi connectivity index (χ0) is 23.0. The molecule has 0 radical (unpaired) electrons. The van der Waals surface area contributed by atoms with Crippen LogP contribution in [0.1, 0.15) is 54.7 Å². The van der Waals surface area contributed by atoms with E-state index in [4.69, 9.17) is 0 Å². The molecule has 0 N–H and O–H groups in total. The summed E-state index contributed by atoms with van der Waals surface area (Å²) >= 11 is 1.97. The van der Waals surface area contributed by atoms with Crippen LogP contribution in [0.25, 0.3) is 43.6 Å². The molecular formula is C32H30NS+. The molecule has 1 aliphatic heterocycles. The van der Waals surface area contributed by atoms with Gasteiger partial charge in [-0.05, 0) is 76.9 Å². The number of hydrogen-bond acceptors (Lipinski definition) is 1. The van der Waals surface area contributed by atoms with E-state index in [0.717, 1.165) is 5.92 Å². The van der Waals surface area contributed by atoms with Gasteiger partial charge in [-0.3, -0.25) is 0 Å². The van der Waals surface area contributed by atoms with E-state index in [9.17, 15) is 0 Å². The minimum absolute atomic E-state index is 0.728. The molecule has 7 rings (SSSR count). The first-order valence-corrected chi connectivity index (χ1v) is 13.5. The third kappa shape index (κ3) is 2.84. The lowest BCUT2D eigenvalue weighted by Gasteiger charge is -2.25. The van der Waals surface area contributed by atoms with Gasteiger partial charge in [0.2, 0.25) is 5.69 Å². The summed E-state index contributed by atoms with van der Waals surface area (Å²) in [5.74, 6) is 0.728. The molecule has 0 spiro atoms. The van der Waals surface area contributed by atoms with Gasteiger partial charge in [0.05, 0.1) is 10.9 Å². The number of fused-ring (bicyclic) bond motifs is 5. The van der Waals surface area contributed by atoms with E-state index in [1.807, 2.05) is 11.8 Å². The Kier molecular flexibility index (Phi) is 4.58. The van der Waals surface area contributed by atoms with Crippen molar-refractivity contribution in [3.63, 3.8) is 0 Å². The Labute approximate surface area is 205 Å². The van der Waals surface area contributed by atoms with Crippen molar-refractivity contribution in [1.82, 2.24) is 0 Å². The van der Waals surface area contributed by atoms with Crippen LogP contribution in [0.15, 0.2) is 70.6 Å². The molecule has 2 aliphatic rings. The van der Waals surface area contributed by atoms with Crippen LogP contribution >= 0.6 is 11.8 Å². The molecule has 2 heterocycles. The third-order valence-corrected chi connectivity index (χ3v) is 9.68. The smallest absolute Gasteiger partial charge is 0.200 e. The van der Waals surface area contributed by atoms with E-state index in [0.29, 0.717) is 0 Å². The van der Waals surface area contributed by atoms with E-state index in [1.165, 1.54) is 96.6 Å². The van der Waals surface area contributed by atoms with Crippen LogP contribution in [0.2, 0.25) is 0 Å². The zero-order valence-corrected chi connectivity index (χ0v) is 21.1. The molecule has 0 bridgehead atoms. The van der Waals surface area contributed by atoms with Crippen molar-refractivity contribution in [2.45, 2.75) is 61.7 Å². The molecule has 5 aromatic rings. The van der Waals surface area contributed by atoms with Crippen LogP contribution in [0.3, 0.4) is 0 Å². The van der Waals surface area contributed by atoms with Gasteiger partial charge in [0, 0.05) is 21.2 Å². The van der Waals surface area contributed by atoms with Gasteiger partial charge in [-0.15, -0.1) is 0 Å². The average molecular weight is 461 g/mol. The molecule has 0 atom stereocenters. The van der Waals surface area contributed by atoms with Crippen LogP contribution in [0.5, 0.6) is 0 Å².